The molecule has 0 aliphatic heterocycles. The maximum atomic E-state index is 12.4. The second-order valence-electron chi connectivity index (χ2n) is 6.24. The molecule has 0 saturated carbocycles. The first-order valence-electron chi connectivity index (χ1n) is 8.74. The monoisotopic (exact) mass is 448 g/mol. The van der Waals surface area contributed by atoms with Crippen molar-refractivity contribution in [3.8, 4) is 0 Å². The molecule has 30 heavy (non-hydrogen) atoms. The van der Waals surface area contributed by atoms with Gasteiger partial charge in [0.15, 0.2) is 15.9 Å². The van der Waals surface area contributed by atoms with Crippen molar-refractivity contribution in [3.05, 3.63) is 77.3 Å². The zero-order chi connectivity index (χ0) is 21.7. The molecule has 2 heterocycles. The van der Waals surface area contributed by atoms with Crippen LogP contribution in [-0.2, 0) is 25.1 Å². The van der Waals surface area contributed by atoms with Crippen LogP contribution in [0.5, 0.6) is 0 Å². The number of pyridine rings is 1. The summed E-state index contributed by atoms with van der Waals surface area (Å²) in [5, 5.41) is 2.90. The lowest BCUT2D eigenvalue weighted by atomic mass is 10.3. The lowest BCUT2D eigenvalue weighted by Crippen LogP contribution is -2.30. The molecule has 1 amide bonds. The van der Waals surface area contributed by atoms with Crippen LogP contribution in [0, 0.1) is 0 Å². The topological polar surface area (TPSA) is 116 Å². The number of aromatic nitrogens is 1. The minimum absolute atomic E-state index is 0.0771. The summed E-state index contributed by atoms with van der Waals surface area (Å²) in [5.41, 5.74) is 0. The Morgan fingerprint density at radius 1 is 1.13 bits per heavy atom. The second-order valence-corrected chi connectivity index (χ2v) is 8.66. The Hall–Kier alpha value is -3.17. The van der Waals surface area contributed by atoms with Gasteiger partial charge in [0.1, 0.15) is 17.3 Å². The molecule has 1 atom stereocenters. The van der Waals surface area contributed by atoms with Gasteiger partial charge in [0.05, 0.1) is 9.92 Å². The van der Waals surface area contributed by atoms with Gasteiger partial charge in [0.2, 0.25) is 5.76 Å². The first-order chi connectivity index (χ1) is 14.2. The van der Waals surface area contributed by atoms with Crippen LogP contribution in [0.25, 0.3) is 0 Å². The van der Waals surface area contributed by atoms with E-state index in [1.165, 1.54) is 43.5 Å². The van der Waals surface area contributed by atoms with E-state index in [0.717, 1.165) is 0 Å². The number of nitrogens with one attached hydrogen (secondary N) is 1. The largest absolute Gasteiger partial charge is 0.453 e. The van der Waals surface area contributed by atoms with Crippen LogP contribution in [-0.4, -0.2) is 31.4 Å². The fraction of sp³-hybridized carbons (Fsp3) is 0.150. The Morgan fingerprint density at radius 2 is 1.87 bits per heavy atom. The quantitative estimate of drug-likeness (QED) is 0.550. The molecule has 156 valence electrons. The number of rotatable bonds is 7. The molecule has 0 bridgehead atoms. The molecule has 2 aromatic heterocycles. The van der Waals surface area contributed by atoms with E-state index in [1.54, 1.807) is 24.3 Å². The fourth-order valence-corrected chi connectivity index (χ4v) is 3.79. The Bertz CT molecular complexity index is 1140. The zero-order valence-corrected chi connectivity index (χ0v) is 17.3. The van der Waals surface area contributed by atoms with E-state index in [2.05, 4.69) is 10.3 Å². The van der Waals surface area contributed by atoms with Crippen molar-refractivity contribution in [2.24, 2.45) is 0 Å². The highest BCUT2D eigenvalue weighted by Gasteiger charge is 2.23. The number of furan rings is 1. The minimum atomic E-state index is -3.63. The molecule has 0 aliphatic rings. The molecular formula is C20H17ClN2O6S. The van der Waals surface area contributed by atoms with Crippen LogP contribution >= 0.6 is 11.6 Å². The van der Waals surface area contributed by atoms with Gasteiger partial charge in [-0.25, -0.2) is 18.2 Å². The minimum Gasteiger partial charge on any atom is -0.453 e. The maximum Gasteiger partial charge on any atom is 0.375 e. The fourth-order valence-electron chi connectivity index (χ4n) is 2.41. The Balaban J connectivity index is 1.60. The number of nitrogens with zero attached hydrogens (tertiary/aromatic N) is 1. The summed E-state index contributed by atoms with van der Waals surface area (Å²) < 4.78 is 35.2. The van der Waals surface area contributed by atoms with E-state index in [9.17, 15) is 18.0 Å². The smallest absolute Gasteiger partial charge is 0.375 e. The first kappa shape index (κ1) is 21.5. The molecule has 3 aromatic rings. The molecular weight excluding hydrogens is 432 g/mol. The van der Waals surface area contributed by atoms with Gasteiger partial charge in [-0.3, -0.25) is 4.79 Å². The van der Waals surface area contributed by atoms with Crippen molar-refractivity contribution in [2.75, 3.05) is 5.32 Å². The molecule has 0 saturated heterocycles. The summed E-state index contributed by atoms with van der Waals surface area (Å²) in [7, 11) is -3.63. The van der Waals surface area contributed by atoms with Crippen molar-refractivity contribution in [1.82, 2.24) is 4.98 Å². The number of sulfone groups is 1. The second kappa shape index (κ2) is 9.10. The predicted molar refractivity (Wildman–Crippen MR) is 109 cm³/mol. The Labute approximate surface area is 177 Å². The molecule has 0 fully saturated rings. The van der Waals surface area contributed by atoms with E-state index in [1.807, 2.05) is 0 Å². The number of esters is 1. The van der Waals surface area contributed by atoms with Crippen LogP contribution in [0.3, 0.4) is 0 Å². The Morgan fingerprint density at radius 3 is 2.53 bits per heavy atom. The lowest BCUT2D eigenvalue weighted by molar-refractivity contribution is -0.123. The molecule has 3 rings (SSSR count). The van der Waals surface area contributed by atoms with Crippen LogP contribution in [0.4, 0.5) is 5.82 Å². The molecule has 1 unspecified atom stereocenters. The summed E-state index contributed by atoms with van der Waals surface area (Å²) in [6.07, 6.45) is 0.221. The predicted octanol–water partition coefficient (Wildman–Crippen LogP) is 3.49. The summed E-state index contributed by atoms with van der Waals surface area (Å²) in [6, 6.07) is 13.6. The van der Waals surface area contributed by atoms with Crippen LogP contribution in [0.1, 0.15) is 23.2 Å². The summed E-state index contributed by atoms with van der Waals surface area (Å²) in [5.74, 6) is -1.80. The van der Waals surface area contributed by atoms with Gasteiger partial charge in [-0.2, -0.15) is 0 Å². The third-order valence-electron chi connectivity index (χ3n) is 3.93. The average molecular weight is 449 g/mol. The molecule has 10 heteroatoms. The summed E-state index contributed by atoms with van der Waals surface area (Å²) >= 11 is 5.73. The van der Waals surface area contributed by atoms with Gasteiger partial charge >= 0.3 is 5.97 Å². The summed E-state index contributed by atoms with van der Waals surface area (Å²) in [6.45, 7) is 1.38. The van der Waals surface area contributed by atoms with Gasteiger partial charge in [0.25, 0.3) is 5.91 Å². The highest BCUT2D eigenvalue weighted by molar-refractivity contribution is 7.90. The first-order valence-corrected chi connectivity index (χ1v) is 10.8. The van der Waals surface area contributed by atoms with Crippen LogP contribution in [0.2, 0.25) is 5.02 Å². The molecule has 0 aliphatic carbocycles. The number of hydrogen-bond acceptors (Lipinski definition) is 7. The van der Waals surface area contributed by atoms with E-state index in [0.29, 0.717) is 5.02 Å². The molecule has 0 spiro atoms. The van der Waals surface area contributed by atoms with Crippen molar-refractivity contribution < 1.29 is 27.2 Å². The van der Waals surface area contributed by atoms with Crippen molar-refractivity contribution in [3.63, 3.8) is 0 Å². The normalized spacial score (nSPS) is 12.2. The number of hydrogen-bond donors (Lipinski definition) is 1. The van der Waals surface area contributed by atoms with Crippen LogP contribution < -0.4 is 5.32 Å². The van der Waals surface area contributed by atoms with Crippen molar-refractivity contribution in [2.45, 2.75) is 23.7 Å². The number of amides is 1. The zero-order valence-electron chi connectivity index (χ0n) is 15.7. The highest BCUT2D eigenvalue weighted by Crippen LogP contribution is 2.19. The van der Waals surface area contributed by atoms with Gasteiger partial charge in [0, 0.05) is 6.20 Å². The molecule has 0 radical (unpaired) electrons. The number of benzene rings is 1. The van der Waals surface area contributed by atoms with Gasteiger partial charge in [-0.05, 0) is 43.3 Å². The van der Waals surface area contributed by atoms with Gasteiger partial charge < -0.3 is 14.5 Å². The maximum absolute atomic E-state index is 12.4. The van der Waals surface area contributed by atoms with E-state index in [-0.39, 0.29) is 22.2 Å². The van der Waals surface area contributed by atoms with E-state index >= 15 is 0 Å². The molecule has 1 aromatic carbocycles. The Kier molecular flexibility index (Phi) is 6.53. The standard InChI is InChI=1S/C20H17ClN2O6S/c1-13(19(24)23-18-10-7-14(21)11-22-18)28-20(25)17-9-8-15(29-17)12-30(26,27)16-5-3-2-4-6-16/h2-11,13H,12H2,1H3,(H,22,23,24). The van der Waals surface area contributed by atoms with E-state index < -0.39 is 33.6 Å². The number of ether oxygens (including phenoxy) is 1. The SMILES string of the molecule is CC(OC(=O)c1ccc(CS(=O)(=O)c2ccccc2)o1)C(=O)Nc1ccc(Cl)cn1. The molecule has 1 N–H and O–H groups in total. The highest BCUT2D eigenvalue weighted by atomic mass is 35.5. The van der Waals surface area contributed by atoms with Gasteiger partial charge in [-0.1, -0.05) is 29.8 Å². The number of carbonyl (C=O) groups excluding carboxylic acids is 2. The number of carbonyl (C=O) groups is 2. The van der Waals surface area contributed by atoms with Crippen molar-refractivity contribution >= 4 is 39.1 Å². The molecule has 8 nitrogen and oxygen atoms in total. The van der Waals surface area contributed by atoms with Gasteiger partial charge in [-0.15, -0.1) is 0 Å². The third-order valence-corrected chi connectivity index (χ3v) is 5.81. The van der Waals surface area contributed by atoms with Crippen molar-refractivity contribution in [1.29, 1.82) is 0 Å². The third kappa shape index (κ3) is 5.46. The average Bonchev–Trinajstić information content (AvgIpc) is 3.18. The van der Waals surface area contributed by atoms with Crippen LogP contribution in [0.15, 0.2) is 70.1 Å². The lowest BCUT2D eigenvalue weighted by Gasteiger charge is -2.12. The summed E-state index contributed by atoms with van der Waals surface area (Å²) in [4.78, 5) is 28.4. The van der Waals surface area contributed by atoms with E-state index in [4.69, 9.17) is 20.8 Å². The number of anilines is 1. The number of halogens is 1.